The van der Waals surface area contributed by atoms with Crippen molar-refractivity contribution in [2.45, 2.75) is 23.3 Å². The number of aromatic nitrogens is 2. The number of fused-ring (bicyclic) bond motifs is 1. The second-order valence-electron chi connectivity index (χ2n) is 5.89. The van der Waals surface area contributed by atoms with E-state index in [4.69, 9.17) is 11.6 Å². The zero-order chi connectivity index (χ0) is 21.6. The second kappa shape index (κ2) is 7.18. The molecule has 3 rings (SSSR count). The summed E-state index contributed by atoms with van der Waals surface area (Å²) in [5.74, 6) is 0. The summed E-state index contributed by atoms with van der Waals surface area (Å²) in [5.41, 5.74) is -1.78. The van der Waals surface area contributed by atoms with Crippen molar-refractivity contribution in [3.05, 3.63) is 65.1 Å². The van der Waals surface area contributed by atoms with Crippen molar-refractivity contribution in [3.63, 3.8) is 0 Å². The molecule has 2 aromatic heterocycles. The molecule has 0 aliphatic carbocycles. The lowest BCUT2D eigenvalue weighted by Gasteiger charge is -2.22. The van der Waals surface area contributed by atoms with Crippen LogP contribution in [0.5, 0.6) is 0 Å². The Morgan fingerprint density at radius 1 is 1.03 bits per heavy atom. The zero-order valence-corrected chi connectivity index (χ0v) is 15.5. The zero-order valence-electron chi connectivity index (χ0n) is 14.0. The Morgan fingerprint density at radius 2 is 1.66 bits per heavy atom. The molecule has 0 amide bonds. The highest BCUT2D eigenvalue weighted by Crippen LogP contribution is 2.36. The van der Waals surface area contributed by atoms with E-state index in [1.165, 1.54) is 21.5 Å². The van der Waals surface area contributed by atoms with Crippen LogP contribution in [0.2, 0.25) is 5.15 Å². The second-order valence-corrected chi connectivity index (χ2v) is 7.99. The average molecular weight is 458 g/mol. The van der Waals surface area contributed by atoms with Gasteiger partial charge in [-0.25, -0.2) is 13.4 Å². The van der Waals surface area contributed by atoms with Gasteiger partial charge in [0.05, 0.1) is 16.7 Å². The molecule has 0 bridgehead atoms. The number of imidazole rings is 1. The number of nitrogens with one attached hydrogen (secondary N) is 1. The topological polar surface area (TPSA) is 63.5 Å². The maximum Gasteiger partial charge on any atom is 0.416 e. The molecule has 3 aromatic rings. The lowest BCUT2D eigenvalue weighted by Crippen LogP contribution is -2.38. The van der Waals surface area contributed by atoms with Crippen molar-refractivity contribution in [2.24, 2.45) is 0 Å². The van der Waals surface area contributed by atoms with Gasteiger partial charge in [-0.3, -0.25) is 4.40 Å². The number of pyridine rings is 1. The highest BCUT2D eigenvalue weighted by molar-refractivity contribution is 7.89. The first-order chi connectivity index (χ1) is 13.3. The van der Waals surface area contributed by atoms with Crippen LogP contribution >= 0.6 is 11.6 Å². The van der Waals surface area contributed by atoms with Gasteiger partial charge >= 0.3 is 12.4 Å². The Bertz CT molecular complexity index is 1140. The Balaban J connectivity index is 1.97. The number of benzene rings is 1. The van der Waals surface area contributed by atoms with Gasteiger partial charge < -0.3 is 0 Å². The first kappa shape index (κ1) is 21.4. The Hall–Kier alpha value is -2.31. The molecule has 29 heavy (non-hydrogen) atoms. The molecule has 0 aliphatic rings. The molecule has 1 aromatic carbocycles. The van der Waals surface area contributed by atoms with Crippen molar-refractivity contribution in [1.29, 1.82) is 0 Å². The number of sulfonamides is 1. The van der Waals surface area contributed by atoms with Gasteiger partial charge in [0.15, 0.2) is 0 Å². The molecule has 0 saturated heterocycles. The monoisotopic (exact) mass is 457 g/mol. The normalized spacial score (nSPS) is 14.3. The number of nitrogens with zero attached hydrogens (tertiary/aromatic N) is 2. The van der Waals surface area contributed by atoms with Crippen LogP contribution < -0.4 is 4.72 Å². The Kier molecular flexibility index (Phi) is 5.30. The quantitative estimate of drug-likeness (QED) is 0.583. The van der Waals surface area contributed by atoms with Crippen molar-refractivity contribution in [2.75, 3.05) is 0 Å². The maximum absolute atomic E-state index is 13.5. The van der Waals surface area contributed by atoms with Crippen LogP contribution in [-0.4, -0.2) is 24.0 Å². The number of hydrogen-bond acceptors (Lipinski definition) is 3. The summed E-state index contributed by atoms with van der Waals surface area (Å²) in [4.78, 5) is 3.30. The molecule has 0 spiro atoms. The molecule has 1 atom stereocenters. The minimum Gasteiger partial charge on any atom is -0.290 e. The Labute approximate surface area is 165 Å². The first-order valence-corrected chi connectivity index (χ1v) is 9.54. The van der Waals surface area contributed by atoms with Crippen LogP contribution in [0.25, 0.3) is 5.65 Å². The van der Waals surface area contributed by atoms with Gasteiger partial charge in [0.25, 0.3) is 0 Å². The number of hydrogen-bond donors (Lipinski definition) is 1. The lowest BCUT2D eigenvalue weighted by molar-refractivity contribution is -0.153. The molecule has 156 valence electrons. The summed E-state index contributed by atoms with van der Waals surface area (Å²) in [6, 6.07) is 1.30. The van der Waals surface area contributed by atoms with Gasteiger partial charge in [-0.1, -0.05) is 23.7 Å². The summed E-state index contributed by atoms with van der Waals surface area (Å²) in [6.07, 6.45) is -7.42. The molecular weight excluding hydrogens is 448 g/mol. The van der Waals surface area contributed by atoms with E-state index in [9.17, 15) is 34.8 Å². The van der Waals surface area contributed by atoms with Crippen LogP contribution in [0.1, 0.15) is 17.2 Å². The van der Waals surface area contributed by atoms with Gasteiger partial charge in [0.1, 0.15) is 16.8 Å². The molecule has 0 radical (unpaired) electrons. The third-order valence-corrected chi connectivity index (χ3v) is 5.62. The van der Waals surface area contributed by atoms with E-state index in [0.717, 1.165) is 12.1 Å². The van der Waals surface area contributed by atoms with Gasteiger partial charge in [-0.15, -0.1) is 0 Å². The summed E-state index contributed by atoms with van der Waals surface area (Å²) >= 11 is 5.81. The highest BCUT2D eigenvalue weighted by atomic mass is 35.5. The predicted molar refractivity (Wildman–Crippen MR) is 90.8 cm³/mol. The predicted octanol–water partition coefficient (Wildman–Crippen LogP) is 4.59. The fraction of sp³-hybridized carbons (Fsp3) is 0.188. The Morgan fingerprint density at radius 3 is 2.21 bits per heavy atom. The fourth-order valence-electron chi connectivity index (χ4n) is 2.51. The molecule has 13 heteroatoms. The molecule has 0 unspecified atom stereocenters. The lowest BCUT2D eigenvalue weighted by atomic mass is 10.1. The van der Waals surface area contributed by atoms with E-state index in [1.807, 2.05) is 0 Å². The van der Waals surface area contributed by atoms with Gasteiger partial charge in [0, 0.05) is 12.3 Å². The van der Waals surface area contributed by atoms with E-state index < -0.39 is 44.4 Å². The largest absolute Gasteiger partial charge is 0.416 e. The molecule has 0 aliphatic heterocycles. The van der Waals surface area contributed by atoms with Crippen molar-refractivity contribution >= 4 is 27.3 Å². The number of rotatable bonds is 4. The van der Waals surface area contributed by atoms with E-state index >= 15 is 0 Å². The van der Waals surface area contributed by atoms with Crippen LogP contribution in [0.3, 0.4) is 0 Å². The molecule has 0 saturated carbocycles. The third kappa shape index (κ3) is 4.49. The fourth-order valence-corrected chi connectivity index (χ4v) is 3.92. The van der Waals surface area contributed by atoms with Crippen LogP contribution in [0, 0.1) is 0 Å². The number of halogens is 7. The van der Waals surface area contributed by atoms with Gasteiger partial charge in [-0.05, 0) is 23.8 Å². The minimum absolute atomic E-state index is 0.0796. The van der Waals surface area contributed by atoms with Crippen molar-refractivity contribution < 1.29 is 34.8 Å². The highest BCUT2D eigenvalue weighted by Gasteiger charge is 2.44. The van der Waals surface area contributed by atoms with E-state index in [0.29, 0.717) is 24.3 Å². The van der Waals surface area contributed by atoms with Crippen LogP contribution in [0.15, 0.2) is 53.7 Å². The smallest absolute Gasteiger partial charge is 0.290 e. The summed E-state index contributed by atoms with van der Waals surface area (Å²) in [7, 11) is -4.70. The summed E-state index contributed by atoms with van der Waals surface area (Å²) in [5, 5.41) is 0.162. The summed E-state index contributed by atoms with van der Waals surface area (Å²) in [6.45, 7) is 0. The SMILES string of the molecule is O=S(=O)(N[C@H](c1ccc(C(F)(F)F)cc1)C(F)(F)F)c1ccn2c(Cl)cnc2c1. The molecule has 0 fully saturated rings. The minimum atomic E-state index is -5.10. The molecular formula is C16H10ClF6N3O2S. The van der Waals surface area contributed by atoms with Gasteiger partial charge in [0.2, 0.25) is 10.0 Å². The van der Waals surface area contributed by atoms with E-state index in [2.05, 4.69) is 4.98 Å². The summed E-state index contributed by atoms with van der Waals surface area (Å²) < 4.78 is 106. The van der Waals surface area contributed by atoms with Gasteiger partial charge in [-0.2, -0.15) is 31.1 Å². The standard InChI is InChI=1S/C16H10ClF6N3O2S/c17-12-8-24-13-7-11(5-6-26(12)13)29(27,28)25-14(16(21,22)23)9-1-3-10(4-2-9)15(18,19)20/h1-8,14,25H/t14-/m1/s1. The molecule has 1 N–H and O–H groups in total. The van der Waals surface area contributed by atoms with E-state index in [1.54, 1.807) is 0 Å². The van der Waals surface area contributed by atoms with Crippen LogP contribution in [0.4, 0.5) is 26.3 Å². The third-order valence-electron chi connectivity index (χ3n) is 3.92. The van der Waals surface area contributed by atoms with Crippen molar-refractivity contribution in [1.82, 2.24) is 14.1 Å². The molecule has 5 nitrogen and oxygen atoms in total. The van der Waals surface area contributed by atoms with Crippen LogP contribution in [-0.2, 0) is 16.2 Å². The van der Waals surface area contributed by atoms with E-state index in [-0.39, 0.29) is 10.8 Å². The first-order valence-electron chi connectivity index (χ1n) is 7.68. The molecule has 2 heterocycles. The van der Waals surface area contributed by atoms with Crippen molar-refractivity contribution in [3.8, 4) is 0 Å². The number of alkyl halides is 6. The maximum atomic E-state index is 13.5. The average Bonchev–Trinajstić information content (AvgIpc) is 2.99.